The molecule has 1 unspecified atom stereocenters. The van der Waals surface area contributed by atoms with E-state index in [9.17, 15) is 0 Å². The molecule has 0 fully saturated rings. The Balaban J connectivity index is 2.45. The normalized spacial score (nSPS) is 19.1. The molecule has 0 heterocycles. The summed E-state index contributed by atoms with van der Waals surface area (Å²) in [6.07, 6.45) is 2.55. The van der Waals surface area contributed by atoms with Crippen molar-refractivity contribution in [1.29, 1.82) is 5.26 Å². The minimum atomic E-state index is 0.325. The van der Waals surface area contributed by atoms with Crippen molar-refractivity contribution >= 4 is 23.2 Å². The number of hydrogen-bond acceptors (Lipinski definition) is 1. The number of halogens is 2. The van der Waals surface area contributed by atoms with Gasteiger partial charge in [-0.2, -0.15) is 5.26 Å². The van der Waals surface area contributed by atoms with Crippen LogP contribution in [0, 0.1) is 11.3 Å². The van der Waals surface area contributed by atoms with Gasteiger partial charge in [0.2, 0.25) is 0 Å². The molecule has 0 N–H and O–H groups in total. The van der Waals surface area contributed by atoms with E-state index in [1.54, 1.807) is 6.07 Å². The first-order valence-electron chi connectivity index (χ1n) is 4.57. The fourth-order valence-corrected chi connectivity index (χ4v) is 2.65. The zero-order valence-corrected chi connectivity index (χ0v) is 9.07. The maximum absolute atomic E-state index is 8.67. The van der Waals surface area contributed by atoms with Gasteiger partial charge in [-0.3, -0.25) is 0 Å². The van der Waals surface area contributed by atoms with Gasteiger partial charge in [-0.15, -0.1) is 0 Å². The van der Waals surface area contributed by atoms with Crippen molar-refractivity contribution in [1.82, 2.24) is 0 Å². The molecule has 0 radical (unpaired) electrons. The van der Waals surface area contributed by atoms with Crippen molar-refractivity contribution < 1.29 is 0 Å². The van der Waals surface area contributed by atoms with Crippen molar-refractivity contribution in [2.75, 3.05) is 0 Å². The summed E-state index contributed by atoms with van der Waals surface area (Å²) in [7, 11) is 0. The van der Waals surface area contributed by atoms with E-state index in [1.807, 2.05) is 6.07 Å². The van der Waals surface area contributed by atoms with Crippen LogP contribution in [0.1, 0.15) is 29.9 Å². The van der Waals surface area contributed by atoms with Gasteiger partial charge in [-0.1, -0.05) is 23.2 Å². The van der Waals surface area contributed by atoms with Gasteiger partial charge in [-0.05, 0) is 42.0 Å². The second-order valence-electron chi connectivity index (χ2n) is 3.55. The lowest BCUT2D eigenvalue weighted by atomic mass is 9.99. The molecule has 1 aromatic rings. The first-order chi connectivity index (χ1) is 6.72. The Morgan fingerprint density at radius 3 is 2.93 bits per heavy atom. The zero-order chi connectivity index (χ0) is 10.1. The van der Waals surface area contributed by atoms with Crippen LogP contribution < -0.4 is 0 Å². The summed E-state index contributed by atoms with van der Waals surface area (Å²) in [6, 6.07) is 5.92. The number of nitrogens with zero attached hydrogens (tertiary/aromatic N) is 1. The Kier molecular flexibility index (Phi) is 2.67. The second kappa shape index (κ2) is 3.81. The van der Waals surface area contributed by atoms with E-state index in [0.717, 1.165) is 17.9 Å². The average molecular weight is 226 g/mol. The number of fused-ring (bicyclic) bond motifs is 1. The van der Waals surface area contributed by atoms with Crippen molar-refractivity contribution in [2.45, 2.75) is 25.2 Å². The lowest BCUT2D eigenvalue weighted by Gasteiger charge is -2.07. The molecule has 1 nitrogen and oxygen atoms in total. The van der Waals surface area contributed by atoms with Gasteiger partial charge >= 0.3 is 0 Å². The van der Waals surface area contributed by atoms with Crippen LogP contribution in [0.5, 0.6) is 0 Å². The summed E-state index contributed by atoms with van der Waals surface area (Å²) >= 11 is 12.0. The number of rotatable bonds is 1. The third kappa shape index (κ3) is 1.61. The Hall–Kier alpha value is -0.710. The van der Waals surface area contributed by atoms with E-state index < -0.39 is 0 Å². The van der Waals surface area contributed by atoms with Gasteiger partial charge in [-0.25, -0.2) is 0 Å². The summed E-state index contributed by atoms with van der Waals surface area (Å²) in [4.78, 5) is 0. The van der Waals surface area contributed by atoms with Gasteiger partial charge in [0.15, 0.2) is 0 Å². The molecule has 0 amide bonds. The molecule has 0 aliphatic heterocycles. The minimum Gasteiger partial charge on any atom is -0.198 e. The first-order valence-corrected chi connectivity index (χ1v) is 5.32. The highest BCUT2D eigenvalue weighted by Gasteiger charge is 2.24. The van der Waals surface area contributed by atoms with Crippen LogP contribution in [0.15, 0.2) is 12.1 Å². The molecular formula is C11H9Cl2N. The summed E-state index contributed by atoms with van der Waals surface area (Å²) in [6.45, 7) is 0. The van der Waals surface area contributed by atoms with E-state index in [4.69, 9.17) is 28.5 Å². The molecular weight excluding hydrogens is 217 g/mol. The Labute approximate surface area is 93.2 Å². The topological polar surface area (TPSA) is 23.8 Å². The standard InChI is InChI=1S/C11H9Cl2N/c12-8-5-10-7(3-4-14)1-2-9(10)11(13)6-8/h5-7H,1-3H2. The van der Waals surface area contributed by atoms with Crippen LogP contribution in [-0.4, -0.2) is 0 Å². The maximum atomic E-state index is 8.67. The van der Waals surface area contributed by atoms with Crippen LogP contribution in [0.3, 0.4) is 0 Å². The molecule has 1 aliphatic carbocycles. The number of hydrogen-bond donors (Lipinski definition) is 0. The van der Waals surface area contributed by atoms with Gasteiger partial charge in [0.05, 0.1) is 6.07 Å². The highest BCUT2D eigenvalue weighted by molar-refractivity contribution is 6.35. The third-order valence-electron chi connectivity index (χ3n) is 2.72. The predicted molar refractivity (Wildman–Crippen MR) is 57.8 cm³/mol. The largest absolute Gasteiger partial charge is 0.198 e. The smallest absolute Gasteiger partial charge is 0.0628 e. The van der Waals surface area contributed by atoms with Crippen molar-refractivity contribution in [3.05, 3.63) is 33.3 Å². The summed E-state index contributed by atoms with van der Waals surface area (Å²) in [5.74, 6) is 0.325. The van der Waals surface area contributed by atoms with Crippen LogP contribution in [0.4, 0.5) is 0 Å². The lowest BCUT2D eigenvalue weighted by Crippen LogP contribution is -1.91. The Morgan fingerprint density at radius 2 is 2.21 bits per heavy atom. The Morgan fingerprint density at radius 1 is 1.43 bits per heavy atom. The molecule has 1 aliphatic rings. The van der Waals surface area contributed by atoms with Gasteiger partial charge in [0, 0.05) is 16.5 Å². The molecule has 0 bridgehead atoms. The quantitative estimate of drug-likeness (QED) is 0.711. The van der Waals surface area contributed by atoms with Crippen LogP contribution in [-0.2, 0) is 6.42 Å². The van der Waals surface area contributed by atoms with Crippen molar-refractivity contribution in [2.24, 2.45) is 0 Å². The molecule has 14 heavy (non-hydrogen) atoms. The molecule has 0 saturated carbocycles. The molecule has 1 aromatic carbocycles. The van der Waals surface area contributed by atoms with E-state index in [-0.39, 0.29) is 0 Å². The number of benzene rings is 1. The summed E-state index contributed by atoms with van der Waals surface area (Å²) in [5, 5.41) is 10.1. The van der Waals surface area contributed by atoms with Gasteiger partial charge in [0.1, 0.15) is 0 Å². The summed E-state index contributed by atoms with van der Waals surface area (Å²) < 4.78 is 0. The molecule has 0 aromatic heterocycles. The maximum Gasteiger partial charge on any atom is 0.0628 e. The van der Waals surface area contributed by atoms with E-state index in [0.29, 0.717) is 17.4 Å². The number of nitriles is 1. The molecule has 0 saturated heterocycles. The molecule has 0 spiro atoms. The molecule has 72 valence electrons. The van der Waals surface area contributed by atoms with Gasteiger partial charge in [0.25, 0.3) is 0 Å². The molecule has 1 atom stereocenters. The molecule has 2 rings (SSSR count). The van der Waals surface area contributed by atoms with Crippen LogP contribution >= 0.6 is 23.2 Å². The first kappa shape index (κ1) is 9.83. The second-order valence-corrected chi connectivity index (χ2v) is 4.40. The SMILES string of the molecule is N#CCC1CCc2c(Cl)cc(Cl)cc21. The third-order valence-corrected chi connectivity index (χ3v) is 3.27. The summed E-state index contributed by atoms with van der Waals surface area (Å²) in [5.41, 5.74) is 2.35. The highest BCUT2D eigenvalue weighted by atomic mass is 35.5. The monoisotopic (exact) mass is 225 g/mol. The van der Waals surface area contributed by atoms with Crippen molar-refractivity contribution in [3.8, 4) is 6.07 Å². The van der Waals surface area contributed by atoms with Crippen LogP contribution in [0.2, 0.25) is 10.0 Å². The fourth-order valence-electron chi connectivity index (χ4n) is 2.05. The predicted octanol–water partition coefficient (Wildman–Crippen LogP) is 3.94. The van der Waals surface area contributed by atoms with Gasteiger partial charge < -0.3 is 0 Å². The van der Waals surface area contributed by atoms with E-state index in [1.165, 1.54) is 11.1 Å². The highest BCUT2D eigenvalue weighted by Crippen LogP contribution is 2.40. The minimum absolute atomic E-state index is 0.325. The van der Waals surface area contributed by atoms with E-state index >= 15 is 0 Å². The van der Waals surface area contributed by atoms with Crippen molar-refractivity contribution in [3.63, 3.8) is 0 Å². The van der Waals surface area contributed by atoms with Crippen LogP contribution in [0.25, 0.3) is 0 Å². The van der Waals surface area contributed by atoms with E-state index in [2.05, 4.69) is 6.07 Å². The fraction of sp³-hybridized carbons (Fsp3) is 0.364. The lowest BCUT2D eigenvalue weighted by molar-refractivity contribution is 0.695. The Bertz CT molecular complexity index is 406. The molecule has 3 heteroatoms. The zero-order valence-electron chi connectivity index (χ0n) is 7.56. The average Bonchev–Trinajstić information content (AvgIpc) is 2.49.